The van der Waals surface area contributed by atoms with Crippen molar-refractivity contribution in [2.24, 2.45) is 16.7 Å². The van der Waals surface area contributed by atoms with E-state index in [1.807, 2.05) is 13.8 Å². The third-order valence-electron chi connectivity index (χ3n) is 6.70. The van der Waals surface area contributed by atoms with E-state index in [1.54, 1.807) is 13.2 Å². The van der Waals surface area contributed by atoms with Crippen molar-refractivity contribution in [3.63, 3.8) is 0 Å². The minimum Gasteiger partial charge on any atom is -0.380 e. The lowest BCUT2D eigenvalue weighted by Crippen LogP contribution is -2.47. The van der Waals surface area contributed by atoms with Gasteiger partial charge in [0.05, 0.1) is 6.10 Å². The molecule has 0 bridgehead atoms. The van der Waals surface area contributed by atoms with E-state index in [0.717, 1.165) is 24.8 Å². The average Bonchev–Trinajstić information content (AvgIpc) is 2.97. The molecule has 0 heterocycles. The fraction of sp³-hybridized carbons (Fsp3) is 0.714. The molecular weight excluding hydrogens is 300 g/mol. The van der Waals surface area contributed by atoms with Crippen molar-refractivity contribution in [1.82, 2.24) is 0 Å². The van der Waals surface area contributed by atoms with Gasteiger partial charge in [-0.1, -0.05) is 32.4 Å². The first kappa shape index (κ1) is 19.1. The maximum absolute atomic E-state index is 12.6. The predicted molar refractivity (Wildman–Crippen MR) is 96.8 cm³/mol. The Labute approximate surface area is 146 Å². The number of hydrogen-bond acceptors (Lipinski definition) is 3. The van der Waals surface area contributed by atoms with Gasteiger partial charge in [-0.25, -0.2) is 0 Å². The minimum absolute atomic E-state index is 0.168. The lowest BCUT2D eigenvalue weighted by molar-refractivity contribution is -0.129. The van der Waals surface area contributed by atoms with Crippen LogP contribution in [-0.4, -0.2) is 24.8 Å². The highest BCUT2D eigenvalue weighted by atomic mass is 16.5. The number of ether oxygens (including phenoxy) is 1. The van der Waals surface area contributed by atoms with E-state index in [0.29, 0.717) is 25.2 Å². The van der Waals surface area contributed by atoms with Gasteiger partial charge in [-0.15, -0.1) is 6.58 Å². The topological polar surface area (TPSA) is 43.4 Å². The summed E-state index contributed by atoms with van der Waals surface area (Å²) in [6.45, 7) is 12.1. The molecule has 4 atom stereocenters. The average molecular weight is 332 g/mol. The lowest BCUT2D eigenvalue weighted by Gasteiger charge is -2.47. The highest BCUT2D eigenvalue weighted by molar-refractivity contribution is 6.00. The summed E-state index contributed by atoms with van der Waals surface area (Å²) in [5.74, 6) is 0.816. The fourth-order valence-corrected chi connectivity index (χ4v) is 4.70. The van der Waals surface area contributed by atoms with Crippen LogP contribution in [0.1, 0.15) is 66.2 Å². The van der Waals surface area contributed by atoms with E-state index in [9.17, 15) is 9.59 Å². The largest absolute Gasteiger partial charge is 0.380 e. The molecule has 2 rings (SSSR count). The van der Waals surface area contributed by atoms with Gasteiger partial charge in [0.1, 0.15) is 5.78 Å². The van der Waals surface area contributed by atoms with Crippen LogP contribution in [0.15, 0.2) is 23.8 Å². The number of carbonyl (C=O) groups excluding carboxylic acids is 2. The first-order valence-corrected chi connectivity index (χ1v) is 9.20. The van der Waals surface area contributed by atoms with Gasteiger partial charge in [0.25, 0.3) is 0 Å². The van der Waals surface area contributed by atoms with Gasteiger partial charge in [-0.3, -0.25) is 9.59 Å². The Morgan fingerprint density at radius 1 is 1.46 bits per heavy atom. The summed E-state index contributed by atoms with van der Waals surface area (Å²) in [7, 11) is 1.71. The molecular formula is C21H32O3. The second-order valence-corrected chi connectivity index (χ2v) is 7.95. The standard InChI is InChI=1S/C21H32O3/c1-7-17(23)20(4,8-2)13-18(24-6)21(5)14(3)9-10-15-11-12-16(22)19(15)21/h8,14,18H,2,7,9-13H2,1,3-6H3/t14-,18-,20-,21-/m1/s1. The van der Waals surface area contributed by atoms with Crippen LogP contribution in [0.5, 0.6) is 0 Å². The molecule has 0 aromatic rings. The molecule has 0 unspecified atom stereocenters. The monoisotopic (exact) mass is 332 g/mol. The van der Waals surface area contributed by atoms with Gasteiger partial charge < -0.3 is 4.74 Å². The summed E-state index contributed by atoms with van der Waals surface area (Å²) in [5.41, 5.74) is 1.39. The van der Waals surface area contributed by atoms with Crippen LogP contribution < -0.4 is 0 Å². The molecule has 0 saturated heterocycles. The highest BCUT2D eigenvalue weighted by Gasteiger charge is 2.51. The molecule has 0 fully saturated rings. The van der Waals surface area contributed by atoms with Gasteiger partial charge in [-0.05, 0) is 38.5 Å². The maximum atomic E-state index is 12.6. The molecule has 24 heavy (non-hydrogen) atoms. The molecule has 0 N–H and O–H groups in total. The Balaban J connectivity index is 2.44. The van der Waals surface area contributed by atoms with E-state index in [2.05, 4.69) is 20.4 Å². The molecule has 0 aromatic heterocycles. The molecule has 0 saturated carbocycles. The fourth-order valence-electron chi connectivity index (χ4n) is 4.70. The van der Waals surface area contributed by atoms with Gasteiger partial charge in [0.15, 0.2) is 5.78 Å². The molecule has 3 heteroatoms. The minimum atomic E-state index is -0.613. The number of rotatable bonds is 7. The van der Waals surface area contributed by atoms with Crippen LogP contribution in [0.3, 0.4) is 0 Å². The van der Waals surface area contributed by atoms with Gasteiger partial charge in [0, 0.05) is 36.4 Å². The highest BCUT2D eigenvalue weighted by Crippen LogP contribution is 2.54. The second kappa shape index (κ2) is 6.95. The second-order valence-electron chi connectivity index (χ2n) is 7.95. The number of Topliss-reactive ketones (excluding diaryl/α,β-unsaturated/α-hetero) is 2. The van der Waals surface area contributed by atoms with Crippen LogP contribution in [0, 0.1) is 16.7 Å². The number of ketones is 2. The Kier molecular flexibility index (Phi) is 5.54. The molecule has 2 aliphatic carbocycles. The zero-order valence-electron chi connectivity index (χ0n) is 15.9. The summed E-state index contributed by atoms with van der Waals surface area (Å²) in [6, 6.07) is 0. The smallest absolute Gasteiger partial charge is 0.159 e. The van der Waals surface area contributed by atoms with Crippen molar-refractivity contribution in [2.75, 3.05) is 7.11 Å². The summed E-state index contributed by atoms with van der Waals surface area (Å²) in [6.07, 6.45) is 6.29. The van der Waals surface area contributed by atoms with E-state index in [1.165, 1.54) is 5.57 Å². The third-order valence-corrected chi connectivity index (χ3v) is 6.70. The first-order valence-electron chi connectivity index (χ1n) is 9.20. The summed E-state index contributed by atoms with van der Waals surface area (Å²) >= 11 is 0. The summed E-state index contributed by atoms with van der Waals surface area (Å²) in [4.78, 5) is 25.1. The first-order chi connectivity index (χ1) is 11.2. The molecule has 0 aliphatic heterocycles. The van der Waals surface area contributed by atoms with Crippen LogP contribution in [0.25, 0.3) is 0 Å². The Hall–Kier alpha value is -1.22. The van der Waals surface area contributed by atoms with Crippen molar-refractivity contribution < 1.29 is 14.3 Å². The maximum Gasteiger partial charge on any atom is 0.159 e. The molecule has 0 radical (unpaired) electrons. The Morgan fingerprint density at radius 2 is 2.12 bits per heavy atom. The van der Waals surface area contributed by atoms with E-state index in [-0.39, 0.29) is 23.1 Å². The van der Waals surface area contributed by atoms with E-state index >= 15 is 0 Å². The Bertz CT molecular complexity index is 574. The zero-order valence-corrected chi connectivity index (χ0v) is 15.9. The molecule has 0 amide bonds. The molecule has 0 aromatic carbocycles. The summed E-state index contributed by atoms with van der Waals surface area (Å²) in [5, 5.41) is 0. The normalized spacial score (nSPS) is 30.7. The van der Waals surface area contributed by atoms with Gasteiger partial charge >= 0.3 is 0 Å². The zero-order chi connectivity index (χ0) is 18.1. The van der Waals surface area contributed by atoms with Crippen LogP contribution in [0.2, 0.25) is 0 Å². The SMILES string of the molecule is C=C[C@](C)(C[C@@H](OC)[C@]1(C)C2=C(CCC2=O)CC[C@H]1C)C(=O)CC. The van der Waals surface area contributed by atoms with Crippen molar-refractivity contribution >= 4 is 11.6 Å². The molecule has 134 valence electrons. The molecule has 0 spiro atoms. The van der Waals surface area contributed by atoms with Gasteiger partial charge in [0.2, 0.25) is 0 Å². The van der Waals surface area contributed by atoms with Crippen LogP contribution in [-0.2, 0) is 14.3 Å². The molecule has 2 aliphatic rings. The Morgan fingerprint density at radius 3 is 2.67 bits per heavy atom. The van der Waals surface area contributed by atoms with Crippen molar-refractivity contribution in [1.29, 1.82) is 0 Å². The predicted octanol–water partition coefficient (Wildman–Crippen LogP) is 4.66. The number of allylic oxidation sites excluding steroid dienone is 2. The lowest BCUT2D eigenvalue weighted by atomic mass is 9.59. The number of carbonyl (C=O) groups is 2. The number of hydrogen-bond donors (Lipinski definition) is 0. The summed E-state index contributed by atoms with van der Waals surface area (Å²) < 4.78 is 5.93. The van der Waals surface area contributed by atoms with Crippen LogP contribution >= 0.6 is 0 Å². The quantitative estimate of drug-likeness (QED) is 0.637. The van der Waals surface area contributed by atoms with E-state index < -0.39 is 5.41 Å². The van der Waals surface area contributed by atoms with Crippen molar-refractivity contribution in [2.45, 2.75) is 72.3 Å². The van der Waals surface area contributed by atoms with Crippen molar-refractivity contribution in [3.05, 3.63) is 23.8 Å². The van der Waals surface area contributed by atoms with E-state index in [4.69, 9.17) is 4.74 Å². The van der Waals surface area contributed by atoms with Gasteiger partial charge in [-0.2, -0.15) is 0 Å². The number of methoxy groups -OCH3 is 1. The third kappa shape index (κ3) is 2.92. The molecule has 3 nitrogen and oxygen atoms in total. The van der Waals surface area contributed by atoms with Crippen LogP contribution in [0.4, 0.5) is 0 Å². The van der Waals surface area contributed by atoms with Crippen molar-refractivity contribution in [3.8, 4) is 0 Å².